The van der Waals surface area contributed by atoms with Crippen LogP contribution in [0.15, 0.2) is 66.0 Å². The molecule has 2 aromatic carbocycles. The molecule has 152 valence electrons. The number of nitrogens with one attached hydrogen (secondary N) is 2. The van der Waals surface area contributed by atoms with Crippen LogP contribution in [0.25, 0.3) is 0 Å². The maximum absolute atomic E-state index is 13.3. The molecule has 3 aromatic rings. The third kappa shape index (κ3) is 3.90. The molecular formula is C22H19N3O4S. The number of hydrogen-bond acceptors (Lipinski definition) is 5. The van der Waals surface area contributed by atoms with Gasteiger partial charge in [-0.15, -0.1) is 11.3 Å². The smallest absolute Gasteiger partial charge is 0.265 e. The summed E-state index contributed by atoms with van der Waals surface area (Å²) in [5, 5.41) is 7.20. The van der Waals surface area contributed by atoms with Crippen molar-refractivity contribution in [3.05, 3.63) is 76.5 Å². The first-order chi connectivity index (χ1) is 14.6. The molecule has 0 saturated carbocycles. The lowest BCUT2D eigenvalue weighted by Crippen LogP contribution is -2.50. The van der Waals surface area contributed by atoms with Crippen LogP contribution in [0.1, 0.15) is 20.0 Å². The first kappa shape index (κ1) is 19.7. The molecule has 0 saturated heterocycles. The van der Waals surface area contributed by atoms with Gasteiger partial charge in [-0.25, -0.2) is 0 Å². The van der Waals surface area contributed by atoms with Crippen molar-refractivity contribution in [2.75, 3.05) is 23.8 Å². The van der Waals surface area contributed by atoms with Gasteiger partial charge in [-0.05, 0) is 41.8 Å². The van der Waals surface area contributed by atoms with Gasteiger partial charge in [0.1, 0.15) is 5.75 Å². The number of carbonyl (C=O) groups excluding carboxylic acids is 3. The van der Waals surface area contributed by atoms with Gasteiger partial charge >= 0.3 is 0 Å². The van der Waals surface area contributed by atoms with Crippen molar-refractivity contribution >= 4 is 40.4 Å². The number of anilines is 2. The number of likely N-dealkylation sites (N-methyl/N-ethyl adjacent to an activating group) is 1. The normalized spacial score (nSPS) is 15.0. The summed E-state index contributed by atoms with van der Waals surface area (Å²) in [5.74, 6) is -0.356. The number of thiophene rings is 1. The van der Waals surface area contributed by atoms with E-state index in [-0.39, 0.29) is 24.3 Å². The van der Waals surface area contributed by atoms with Gasteiger partial charge in [0.2, 0.25) is 0 Å². The summed E-state index contributed by atoms with van der Waals surface area (Å²) in [6, 6.07) is 17.4. The molecule has 1 aromatic heterocycles. The van der Waals surface area contributed by atoms with Gasteiger partial charge in [-0.2, -0.15) is 0 Å². The van der Waals surface area contributed by atoms with Crippen LogP contribution in [0.3, 0.4) is 0 Å². The van der Waals surface area contributed by atoms with E-state index in [4.69, 9.17) is 4.74 Å². The summed E-state index contributed by atoms with van der Waals surface area (Å²) >= 11 is 1.34. The van der Waals surface area contributed by atoms with Crippen LogP contribution in [-0.4, -0.2) is 37.4 Å². The van der Waals surface area contributed by atoms with Crippen molar-refractivity contribution in [3.8, 4) is 5.75 Å². The zero-order valence-corrected chi connectivity index (χ0v) is 16.9. The third-order valence-corrected chi connectivity index (χ3v) is 5.54. The van der Waals surface area contributed by atoms with Gasteiger partial charge in [-0.3, -0.25) is 14.4 Å². The fourth-order valence-corrected chi connectivity index (χ4v) is 3.83. The predicted octanol–water partition coefficient (Wildman–Crippen LogP) is 3.15. The lowest BCUT2D eigenvalue weighted by atomic mass is 10.1. The van der Waals surface area contributed by atoms with Crippen molar-refractivity contribution in [3.63, 3.8) is 0 Å². The highest BCUT2D eigenvalue weighted by atomic mass is 32.1. The summed E-state index contributed by atoms with van der Waals surface area (Å²) in [4.78, 5) is 39.9. The van der Waals surface area contributed by atoms with E-state index in [1.807, 2.05) is 5.38 Å². The van der Waals surface area contributed by atoms with Gasteiger partial charge in [0.25, 0.3) is 17.7 Å². The van der Waals surface area contributed by atoms with Crippen molar-refractivity contribution in [1.82, 2.24) is 5.32 Å². The van der Waals surface area contributed by atoms with E-state index in [0.29, 0.717) is 27.6 Å². The van der Waals surface area contributed by atoms with Crippen molar-refractivity contribution in [1.29, 1.82) is 0 Å². The number of carbonyl (C=O) groups is 3. The second-order valence-electron chi connectivity index (χ2n) is 6.62. The monoisotopic (exact) mass is 421 g/mol. The summed E-state index contributed by atoms with van der Waals surface area (Å²) in [6.45, 7) is 0.0846. The van der Waals surface area contributed by atoms with E-state index in [1.54, 1.807) is 60.7 Å². The number of nitrogens with zero attached hydrogens (tertiary/aromatic N) is 1. The Morgan fingerprint density at radius 1 is 1.07 bits per heavy atom. The number of amides is 3. The first-order valence-corrected chi connectivity index (χ1v) is 10.2. The lowest BCUT2D eigenvalue weighted by molar-refractivity contribution is -0.127. The van der Waals surface area contributed by atoms with Crippen molar-refractivity contribution < 1.29 is 19.1 Å². The van der Waals surface area contributed by atoms with E-state index in [0.717, 1.165) is 0 Å². The molecule has 7 nitrogen and oxygen atoms in total. The number of benzene rings is 2. The summed E-state index contributed by atoms with van der Waals surface area (Å²) in [7, 11) is 1.53. The minimum Gasteiger partial charge on any atom is -0.477 e. The van der Waals surface area contributed by atoms with E-state index in [9.17, 15) is 14.4 Å². The molecule has 0 bridgehead atoms. The molecule has 4 rings (SSSR count). The minimum atomic E-state index is -0.810. The fourth-order valence-electron chi connectivity index (χ4n) is 3.21. The third-order valence-electron chi connectivity index (χ3n) is 4.67. The molecule has 1 atom stereocenters. The predicted molar refractivity (Wildman–Crippen MR) is 115 cm³/mol. The summed E-state index contributed by atoms with van der Waals surface area (Å²) in [6.07, 6.45) is -0.810. The summed E-state index contributed by atoms with van der Waals surface area (Å²) in [5.41, 5.74) is 1.51. The van der Waals surface area contributed by atoms with Crippen LogP contribution in [0.2, 0.25) is 0 Å². The Hall–Kier alpha value is -3.65. The standard InChI is InChI=1S/C22H19N3O4S/c1-23-20(26)18-13-25(16-8-2-3-9-17(16)29-18)22(28)14-6-4-7-15(12-14)24-21(27)19-10-5-11-30-19/h2-12,18H,13H2,1H3,(H,23,26)(H,24,27). The lowest BCUT2D eigenvalue weighted by Gasteiger charge is -2.34. The Morgan fingerprint density at radius 3 is 2.67 bits per heavy atom. The number of rotatable bonds is 4. The molecule has 0 fully saturated rings. The van der Waals surface area contributed by atoms with E-state index >= 15 is 0 Å². The zero-order valence-electron chi connectivity index (χ0n) is 16.1. The SMILES string of the molecule is CNC(=O)C1CN(C(=O)c2cccc(NC(=O)c3cccs3)c2)c2ccccc2O1. The highest BCUT2D eigenvalue weighted by Gasteiger charge is 2.33. The Bertz CT molecular complexity index is 1100. The molecular weight excluding hydrogens is 402 g/mol. The van der Waals surface area contributed by atoms with Crippen LogP contribution in [0.4, 0.5) is 11.4 Å². The maximum atomic E-state index is 13.3. The molecule has 1 aliphatic heterocycles. The van der Waals surface area contributed by atoms with Crippen molar-refractivity contribution in [2.45, 2.75) is 6.10 Å². The second kappa shape index (κ2) is 8.38. The second-order valence-corrected chi connectivity index (χ2v) is 7.56. The molecule has 2 N–H and O–H groups in total. The fraction of sp³-hybridized carbons (Fsp3) is 0.136. The first-order valence-electron chi connectivity index (χ1n) is 9.31. The molecule has 3 amide bonds. The minimum absolute atomic E-state index is 0.0846. The van der Waals surface area contributed by atoms with Gasteiger partial charge in [0.15, 0.2) is 6.10 Å². The van der Waals surface area contributed by atoms with Crippen LogP contribution in [-0.2, 0) is 4.79 Å². The topological polar surface area (TPSA) is 87.7 Å². The van der Waals surface area contributed by atoms with Crippen molar-refractivity contribution in [2.24, 2.45) is 0 Å². The Kier molecular flexibility index (Phi) is 5.49. The van der Waals surface area contributed by atoms with Gasteiger partial charge in [0.05, 0.1) is 17.1 Å². The average Bonchev–Trinajstić information content (AvgIpc) is 3.32. The number of fused-ring (bicyclic) bond motifs is 1. The molecule has 1 unspecified atom stereocenters. The van der Waals surface area contributed by atoms with E-state index < -0.39 is 6.10 Å². The molecule has 8 heteroatoms. The van der Waals surface area contributed by atoms with Gasteiger partial charge in [-0.1, -0.05) is 24.3 Å². The quantitative estimate of drug-likeness (QED) is 0.677. The Balaban J connectivity index is 1.60. The number of ether oxygens (including phenoxy) is 1. The van der Waals surface area contributed by atoms with E-state index in [1.165, 1.54) is 23.3 Å². The van der Waals surface area contributed by atoms with Crippen LogP contribution >= 0.6 is 11.3 Å². The number of hydrogen-bond donors (Lipinski definition) is 2. The Morgan fingerprint density at radius 2 is 1.90 bits per heavy atom. The zero-order chi connectivity index (χ0) is 21.1. The summed E-state index contributed by atoms with van der Waals surface area (Å²) < 4.78 is 5.76. The molecule has 0 aliphatic carbocycles. The molecule has 0 radical (unpaired) electrons. The molecule has 1 aliphatic rings. The van der Waals surface area contributed by atoms with Gasteiger partial charge in [0, 0.05) is 18.3 Å². The highest BCUT2D eigenvalue weighted by Crippen LogP contribution is 2.34. The molecule has 30 heavy (non-hydrogen) atoms. The molecule has 0 spiro atoms. The highest BCUT2D eigenvalue weighted by molar-refractivity contribution is 7.12. The maximum Gasteiger partial charge on any atom is 0.265 e. The Labute approximate surface area is 177 Å². The largest absolute Gasteiger partial charge is 0.477 e. The molecule has 2 heterocycles. The van der Waals surface area contributed by atoms with Crippen LogP contribution in [0.5, 0.6) is 5.75 Å². The number of para-hydroxylation sites is 2. The average molecular weight is 421 g/mol. The van der Waals surface area contributed by atoms with E-state index in [2.05, 4.69) is 10.6 Å². The van der Waals surface area contributed by atoms with Gasteiger partial charge < -0.3 is 20.3 Å². The van der Waals surface area contributed by atoms with Crippen LogP contribution < -0.4 is 20.3 Å². The van der Waals surface area contributed by atoms with Crippen LogP contribution in [0, 0.1) is 0 Å².